The van der Waals surface area contributed by atoms with E-state index >= 15 is 0 Å². The minimum absolute atomic E-state index is 0.590. The Balaban J connectivity index is 2.29. The highest BCUT2D eigenvalue weighted by Crippen LogP contribution is 2.39. The van der Waals surface area contributed by atoms with Crippen LogP contribution in [-0.4, -0.2) is 14.8 Å². The normalized spacial score (nSPS) is 10.8. The highest BCUT2D eigenvalue weighted by atomic mass is 79.9. The summed E-state index contributed by atoms with van der Waals surface area (Å²) in [5.74, 6) is 0.590. The first-order chi connectivity index (χ1) is 10.1. The predicted molar refractivity (Wildman–Crippen MR) is 89.0 cm³/mol. The van der Waals surface area contributed by atoms with Gasteiger partial charge in [0, 0.05) is 29.5 Å². The van der Waals surface area contributed by atoms with E-state index in [1.54, 1.807) is 17.1 Å². The van der Waals surface area contributed by atoms with Crippen molar-refractivity contribution in [3.63, 3.8) is 0 Å². The molecule has 0 atom stereocenters. The number of nitrogens with zero attached hydrogens (tertiary/aromatic N) is 3. The van der Waals surface area contributed by atoms with E-state index in [2.05, 4.69) is 26.0 Å². The van der Waals surface area contributed by atoms with Crippen LogP contribution in [0.4, 0.5) is 5.82 Å². The summed E-state index contributed by atoms with van der Waals surface area (Å²) in [6, 6.07) is 9.48. The molecule has 0 bridgehead atoms. The van der Waals surface area contributed by atoms with Crippen molar-refractivity contribution in [3.8, 4) is 22.4 Å². The van der Waals surface area contributed by atoms with E-state index in [4.69, 9.17) is 17.3 Å². The minimum Gasteiger partial charge on any atom is -0.383 e. The third-order valence-corrected chi connectivity index (χ3v) is 4.07. The Hall–Kier alpha value is -1.85. The average molecular weight is 364 g/mol. The average Bonchev–Trinajstić information content (AvgIpc) is 2.78. The maximum Gasteiger partial charge on any atom is 0.129 e. The molecule has 3 aromatic rings. The summed E-state index contributed by atoms with van der Waals surface area (Å²) in [6.45, 7) is 0. The van der Waals surface area contributed by atoms with E-state index in [0.717, 1.165) is 26.9 Å². The van der Waals surface area contributed by atoms with E-state index < -0.39 is 0 Å². The maximum atomic E-state index is 6.33. The van der Waals surface area contributed by atoms with Crippen molar-refractivity contribution < 1.29 is 0 Å². The van der Waals surface area contributed by atoms with Crippen LogP contribution < -0.4 is 5.73 Å². The fraction of sp³-hybridized carbons (Fsp3) is 0.0667. The number of hydrogen-bond donors (Lipinski definition) is 1. The second kappa shape index (κ2) is 5.50. The summed E-state index contributed by atoms with van der Waals surface area (Å²) in [6.07, 6.45) is 3.46. The lowest BCUT2D eigenvalue weighted by Gasteiger charge is -2.06. The molecule has 21 heavy (non-hydrogen) atoms. The van der Waals surface area contributed by atoms with Crippen molar-refractivity contribution >= 4 is 33.3 Å². The van der Waals surface area contributed by atoms with Crippen LogP contribution in [0.25, 0.3) is 22.4 Å². The molecule has 0 aliphatic heterocycles. The van der Waals surface area contributed by atoms with Crippen molar-refractivity contribution in [2.75, 3.05) is 5.73 Å². The van der Waals surface area contributed by atoms with E-state index in [9.17, 15) is 0 Å². The van der Waals surface area contributed by atoms with Gasteiger partial charge in [0.25, 0.3) is 0 Å². The van der Waals surface area contributed by atoms with E-state index in [0.29, 0.717) is 10.8 Å². The summed E-state index contributed by atoms with van der Waals surface area (Å²) < 4.78 is 2.59. The molecule has 6 heteroatoms. The molecule has 0 saturated carbocycles. The van der Waals surface area contributed by atoms with Crippen LogP contribution in [0, 0.1) is 0 Å². The van der Waals surface area contributed by atoms with Gasteiger partial charge in [-0.05, 0) is 35.9 Å². The first kappa shape index (κ1) is 14.1. The van der Waals surface area contributed by atoms with Crippen molar-refractivity contribution in [1.82, 2.24) is 14.8 Å². The minimum atomic E-state index is 0.590. The summed E-state index contributed by atoms with van der Waals surface area (Å²) in [4.78, 5) is 4.04. The maximum absolute atomic E-state index is 6.33. The standard InChI is InChI=1S/C15H12BrClN4/c1-21-15(18)13(9-4-6-19-7-5-9)14(20-21)11-8-10(16)2-3-12(11)17/h2-8H,18H2,1H3. The first-order valence-corrected chi connectivity index (χ1v) is 7.43. The Morgan fingerprint density at radius 3 is 2.62 bits per heavy atom. The van der Waals surface area contributed by atoms with Crippen LogP contribution in [0.2, 0.25) is 5.02 Å². The van der Waals surface area contributed by atoms with Gasteiger partial charge < -0.3 is 5.73 Å². The number of benzene rings is 1. The Kier molecular flexibility index (Phi) is 3.69. The Labute approximate surface area is 135 Å². The third-order valence-electron chi connectivity index (χ3n) is 3.24. The van der Waals surface area contributed by atoms with Gasteiger partial charge in [-0.25, -0.2) is 0 Å². The summed E-state index contributed by atoms with van der Waals surface area (Å²) in [5, 5.41) is 5.16. The highest BCUT2D eigenvalue weighted by molar-refractivity contribution is 9.10. The SMILES string of the molecule is Cn1nc(-c2cc(Br)ccc2Cl)c(-c2ccncc2)c1N. The summed E-state index contributed by atoms with van der Waals surface area (Å²) >= 11 is 9.79. The Morgan fingerprint density at radius 1 is 1.19 bits per heavy atom. The molecule has 2 aromatic heterocycles. The molecule has 0 aliphatic rings. The van der Waals surface area contributed by atoms with Gasteiger partial charge in [-0.1, -0.05) is 27.5 Å². The van der Waals surface area contributed by atoms with Gasteiger partial charge in [0.2, 0.25) is 0 Å². The highest BCUT2D eigenvalue weighted by Gasteiger charge is 2.19. The molecular weight excluding hydrogens is 352 g/mol. The molecular formula is C15H12BrClN4. The van der Waals surface area contributed by atoms with Crippen LogP contribution in [0.5, 0.6) is 0 Å². The molecule has 0 radical (unpaired) electrons. The molecule has 2 N–H and O–H groups in total. The van der Waals surface area contributed by atoms with Gasteiger partial charge in [-0.3, -0.25) is 9.67 Å². The van der Waals surface area contributed by atoms with Gasteiger partial charge >= 0.3 is 0 Å². The zero-order valence-electron chi connectivity index (χ0n) is 11.2. The molecule has 3 rings (SSSR count). The molecule has 2 heterocycles. The predicted octanol–water partition coefficient (Wildman–Crippen LogP) is 4.15. The largest absolute Gasteiger partial charge is 0.383 e. The van der Waals surface area contributed by atoms with E-state index in [1.165, 1.54) is 0 Å². The number of anilines is 1. The zero-order chi connectivity index (χ0) is 15.0. The molecule has 0 unspecified atom stereocenters. The number of rotatable bonds is 2. The molecule has 0 fully saturated rings. The molecule has 0 saturated heterocycles. The zero-order valence-corrected chi connectivity index (χ0v) is 13.6. The number of nitrogens with two attached hydrogens (primary N) is 1. The monoisotopic (exact) mass is 362 g/mol. The van der Waals surface area contributed by atoms with Crippen molar-refractivity contribution in [1.29, 1.82) is 0 Å². The van der Waals surface area contributed by atoms with Crippen LogP contribution in [0.3, 0.4) is 0 Å². The quantitative estimate of drug-likeness (QED) is 0.744. The van der Waals surface area contributed by atoms with E-state index in [1.807, 2.05) is 37.4 Å². The smallest absolute Gasteiger partial charge is 0.129 e. The van der Waals surface area contributed by atoms with Gasteiger partial charge in [-0.2, -0.15) is 5.10 Å². The fourth-order valence-electron chi connectivity index (χ4n) is 2.21. The van der Waals surface area contributed by atoms with Gasteiger partial charge in [-0.15, -0.1) is 0 Å². The van der Waals surface area contributed by atoms with Crippen LogP contribution in [0.15, 0.2) is 47.2 Å². The second-order valence-corrected chi connectivity index (χ2v) is 5.92. The van der Waals surface area contributed by atoms with E-state index in [-0.39, 0.29) is 0 Å². The lowest BCUT2D eigenvalue weighted by molar-refractivity contribution is 0.782. The Bertz CT molecular complexity index is 799. The van der Waals surface area contributed by atoms with Crippen LogP contribution in [0.1, 0.15) is 0 Å². The number of halogens is 2. The lowest BCUT2D eigenvalue weighted by atomic mass is 10.0. The first-order valence-electron chi connectivity index (χ1n) is 6.26. The molecule has 4 nitrogen and oxygen atoms in total. The summed E-state index contributed by atoms with van der Waals surface area (Å²) in [5.41, 5.74) is 9.60. The van der Waals surface area contributed by atoms with Crippen molar-refractivity contribution in [3.05, 3.63) is 52.2 Å². The number of hydrogen-bond acceptors (Lipinski definition) is 3. The molecule has 1 aromatic carbocycles. The summed E-state index contributed by atoms with van der Waals surface area (Å²) in [7, 11) is 1.81. The molecule has 0 spiro atoms. The topological polar surface area (TPSA) is 56.7 Å². The number of aromatic nitrogens is 3. The van der Waals surface area contributed by atoms with Crippen molar-refractivity contribution in [2.45, 2.75) is 0 Å². The van der Waals surface area contributed by atoms with Gasteiger partial charge in [0.1, 0.15) is 11.5 Å². The fourth-order valence-corrected chi connectivity index (χ4v) is 2.78. The number of aryl methyl sites for hydroxylation is 1. The van der Waals surface area contributed by atoms with Crippen LogP contribution >= 0.6 is 27.5 Å². The lowest BCUT2D eigenvalue weighted by Crippen LogP contribution is -1.97. The third kappa shape index (κ3) is 2.54. The molecule has 0 aliphatic carbocycles. The number of pyridine rings is 1. The number of nitrogen functional groups attached to an aromatic ring is 1. The second-order valence-electron chi connectivity index (χ2n) is 4.59. The Morgan fingerprint density at radius 2 is 1.90 bits per heavy atom. The van der Waals surface area contributed by atoms with Crippen molar-refractivity contribution in [2.24, 2.45) is 7.05 Å². The molecule has 106 valence electrons. The van der Waals surface area contributed by atoms with Gasteiger partial charge in [0.15, 0.2) is 0 Å². The van der Waals surface area contributed by atoms with Crippen LogP contribution in [-0.2, 0) is 7.05 Å². The molecule has 0 amide bonds. The van der Waals surface area contributed by atoms with Gasteiger partial charge in [0.05, 0.1) is 10.6 Å².